The lowest BCUT2D eigenvalue weighted by Crippen LogP contribution is -1.97. The molecular weight excluding hydrogens is 622 g/mol. The highest BCUT2D eigenvalue weighted by atomic mass is 32.2. The van der Waals surface area contributed by atoms with Gasteiger partial charge in [0, 0.05) is 33.6 Å². The van der Waals surface area contributed by atoms with Gasteiger partial charge < -0.3 is 20.6 Å². The summed E-state index contributed by atoms with van der Waals surface area (Å²) in [5.74, 6) is -1.15. The number of phenolic OH excluding ortho intramolecular Hbond substituents is 2. The number of aromatic carboxylic acids is 1. The molecule has 0 amide bonds. The van der Waals surface area contributed by atoms with Crippen LogP contribution in [0.2, 0.25) is 0 Å². The fourth-order valence-corrected chi connectivity index (χ4v) is 5.37. The van der Waals surface area contributed by atoms with E-state index in [4.69, 9.17) is 5.11 Å². The number of aryl methyl sites for hydroxylation is 1. The first-order valence-corrected chi connectivity index (χ1v) is 15.4. The molecule has 0 atom stereocenters. The van der Waals surface area contributed by atoms with E-state index in [9.17, 15) is 28.0 Å². The Hall–Kier alpha value is -6.18. The van der Waals surface area contributed by atoms with Gasteiger partial charge in [0.15, 0.2) is 5.75 Å². The molecule has 5 N–H and O–H groups in total. The number of fused-ring (bicyclic) bond motifs is 2. The number of azo groups is 2. The first-order valence-electron chi connectivity index (χ1n) is 14.0. The van der Waals surface area contributed by atoms with Gasteiger partial charge in [-0.2, -0.15) is 13.5 Å². The predicted molar refractivity (Wildman–Crippen MR) is 177 cm³/mol. The predicted octanol–water partition coefficient (Wildman–Crippen LogP) is 9.23. The van der Waals surface area contributed by atoms with Crippen molar-refractivity contribution in [3.8, 4) is 11.5 Å². The third-order valence-electron chi connectivity index (χ3n) is 7.36. The monoisotopic (exact) mass is 647 g/mol. The van der Waals surface area contributed by atoms with Crippen LogP contribution in [0.25, 0.3) is 21.5 Å². The van der Waals surface area contributed by atoms with Gasteiger partial charge in [-0.05, 0) is 90.7 Å². The van der Waals surface area contributed by atoms with Gasteiger partial charge in [-0.15, -0.1) is 15.3 Å². The van der Waals surface area contributed by atoms with Crippen molar-refractivity contribution in [3.05, 3.63) is 114 Å². The Labute approximate surface area is 267 Å². The lowest BCUT2D eigenvalue weighted by Gasteiger charge is -2.10. The quantitative estimate of drug-likeness (QED) is 0.0796. The van der Waals surface area contributed by atoms with Gasteiger partial charge in [-0.1, -0.05) is 24.3 Å². The van der Waals surface area contributed by atoms with Gasteiger partial charge >= 0.3 is 5.97 Å². The van der Waals surface area contributed by atoms with Crippen molar-refractivity contribution in [3.63, 3.8) is 0 Å². The van der Waals surface area contributed by atoms with Crippen molar-refractivity contribution >= 4 is 71.8 Å². The Morgan fingerprint density at radius 2 is 1.26 bits per heavy atom. The highest BCUT2D eigenvalue weighted by molar-refractivity contribution is 7.85. The SMILES string of the molecule is Cc1ccc(O)cc1N=Nc1ccc(N=Nc2ccc3ccc(Nc4ccc(C(=O)O)cc4)cc3c2O)c2cc(S(=O)(=O)O)ccc12. The first kappa shape index (κ1) is 30.8. The molecule has 0 aliphatic heterocycles. The largest absolute Gasteiger partial charge is 0.508 e. The zero-order chi connectivity index (χ0) is 33.3. The standard InChI is InChI=1S/C34H25N5O7S/c1-19-2-10-24(40)17-32(19)39-36-29-14-15-30(28-18-25(47(44,45)46)11-12-26(28)29)37-38-31-13-6-20-3-9-23(16-27(20)33(31)41)35-22-7-4-21(5-8-22)34(42)43/h2-18,35,40-41H,1H3,(H,42,43)(H,44,45,46). The number of hydrogen-bond donors (Lipinski definition) is 5. The highest BCUT2D eigenvalue weighted by Gasteiger charge is 2.15. The molecule has 0 spiro atoms. The molecule has 0 bridgehead atoms. The van der Waals surface area contributed by atoms with Gasteiger partial charge in [0.1, 0.15) is 11.4 Å². The van der Waals surface area contributed by atoms with Crippen molar-refractivity contribution in [2.45, 2.75) is 11.8 Å². The van der Waals surface area contributed by atoms with Crippen molar-refractivity contribution in [1.29, 1.82) is 0 Å². The van der Waals surface area contributed by atoms with Crippen LogP contribution in [0.3, 0.4) is 0 Å². The van der Waals surface area contributed by atoms with Crippen LogP contribution >= 0.6 is 0 Å². The van der Waals surface area contributed by atoms with Crippen molar-refractivity contribution in [2.24, 2.45) is 20.5 Å². The van der Waals surface area contributed by atoms with E-state index >= 15 is 0 Å². The van der Waals surface area contributed by atoms with Gasteiger partial charge in [0.05, 0.1) is 27.5 Å². The van der Waals surface area contributed by atoms with Gasteiger partial charge in [0.25, 0.3) is 10.1 Å². The molecule has 0 fully saturated rings. The number of hydrogen-bond acceptors (Lipinski definition) is 10. The zero-order valence-electron chi connectivity index (χ0n) is 24.5. The number of nitrogens with zero attached hydrogens (tertiary/aromatic N) is 4. The molecule has 0 aliphatic rings. The Kier molecular flexibility index (Phi) is 8.07. The number of carboxylic acid groups (broad SMARTS) is 1. The molecule has 0 saturated carbocycles. The normalized spacial score (nSPS) is 12.0. The molecule has 0 unspecified atom stereocenters. The molecule has 0 aromatic heterocycles. The van der Waals surface area contributed by atoms with Crippen LogP contribution in [0.5, 0.6) is 11.5 Å². The second-order valence-electron chi connectivity index (χ2n) is 10.5. The summed E-state index contributed by atoms with van der Waals surface area (Å²) in [6.07, 6.45) is 0. The Morgan fingerprint density at radius 1 is 0.638 bits per heavy atom. The number of benzene rings is 6. The summed E-state index contributed by atoms with van der Waals surface area (Å²) in [5.41, 5.74) is 3.42. The Morgan fingerprint density at radius 3 is 1.96 bits per heavy atom. The van der Waals surface area contributed by atoms with Crippen LogP contribution in [-0.2, 0) is 10.1 Å². The molecule has 13 heteroatoms. The topological polar surface area (TPSA) is 194 Å². The maximum Gasteiger partial charge on any atom is 0.335 e. The number of anilines is 2. The minimum atomic E-state index is -4.55. The summed E-state index contributed by atoms with van der Waals surface area (Å²) < 4.78 is 33.6. The summed E-state index contributed by atoms with van der Waals surface area (Å²) in [7, 11) is -4.55. The first-order chi connectivity index (χ1) is 22.5. The van der Waals surface area contributed by atoms with E-state index in [0.717, 1.165) is 10.9 Å². The number of carbonyl (C=O) groups is 1. The molecule has 47 heavy (non-hydrogen) atoms. The highest BCUT2D eigenvalue weighted by Crippen LogP contribution is 2.40. The second-order valence-corrected chi connectivity index (χ2v) is 12.0. The zero-order valence-corrected chi connectivity index (χ0v) is 25.3. The molecule has 6 rings (SSSR count). The third kappa shape index (κ3) is 6.61. The molecule has 6 aromatic carbocycles. The molecule has 0 heterocycles. The Balaban J connectivity index is 1.36. The van der Waals surface area contributed by atoms with E-state index in [-0.39, 0.29) is 33.3 Å². The molecule has 0 aliphatic carbocycles. The molecule has 0 saturated heterocycles. The van der Waals surface area contributed by atoms with Crippen LogP contribution < -0.4 is 5.32 Å². The van der Waals surface area contributed by atoms with Gasteiger partial charge in [-0.3, -0.25) is 4.55 Å². The van der Waals surface area contributed by atoms with E-state index in [1.165, 1.54) is 42.5 Å². The summed E-state index contributed by atoms with van der Waals surface area (Å²) >= 11 is 0. The lowest BCUT2D eigenvalue weighted by molar-refractivity contribution is 0.0697. The van der Waals surface area contributed by atoms with Crippen LogP contribution in [0.15, 0.2) is 128 Å². The maximum absolute atomic E-state index is 12.0. The van der Waals surface area contributed by atoms with Gasteiger partial charge in [-0.25, -0.2) is 4.79 Å². The molecule has 6 aromatic rings. The summed E-state index contributed by atoms with van der Waals surface area (Å²) in [6, 6.07) is 26.7. The number of rotatable bonds is 8. The fourth-order valence-electron chi connectivity index (χ4n) is 4.87. The van der Waals surface area contributed by atoms with Crippen LogP contribution in [-0.4, -0.2) is 34.3 Å². The van der Waals surface area contributed by atoms with Crippen LogP contribution in [0.1, 0.15) is 15.9 Å². The van der Waals surface area contributed by atoms with Crippen molar-refractivity contribution < 1.29 is 33.1 Å². The average molecular weight is 648 g/mol. The lowest BCUT2D eigenvalue weighted by atomic mass is 10.1. The van der Waals surface area contributed by atoms with Crippen LogP contribution in [0, 0.1) is 6.92 Å². The second kappa shape index (κ2) is 12.3. The summed E-state index contributed by atoms with van der Waals surface area (Å²) in [5, 5.41) is 52.4. The minimum absolute atomic E-state index is 0.0275. The van der Waals surface area contributed by atoms with E-state index in [1.807, 2.05) is 13.0 Å². The summed E-state index contributed by atoms with van der Waals surface area (Å²) in [4.78, 5) is 10.8. The number of phenols is 2. The minimum Gasteiger partial charge on any atom is -0.508 e. The van der Waals surface area contributed by atoms with E-state index in [0.29, 0.717) is 38.9 Å². The maximum atomic E-state index is 12.0. The molecule has 234 valence electrons. The van der Waals surface area contributed by atoms with Gasteiger partial charge in [0.2, 0.25) is 0 Å². The average Bonchev–Trinajstić information content (AvgIpc) is 3.05. The van der Waals surface area contributed by atoms with E-state index < -0.39 is 16.1 Å². The van der Waals surface area contributed by atoms with Crippen molar-refractivity contribution in [1.82, 2.24) is 0 Å². The van der Waals surface area contributed by atoms with E-state index in [2.05, 4.69) is 25.8 Å². The smallest absolute Gasteiger partial charge is 0.335 e. The van der Waals surface area contributed by atoms with Crippen LogP contribution in [0.4, 0.5) is 34.1 Å². The van der Waals surface area contributed by atoms with E-state index in [1.54, 1.807) is 54.6 Å². The third-order valence-corrected chi connectivity index (χ3v) is 8.21. The fraction of sp³-hybridized carbons (Fsp3) is 0.0294. The number of aromatic hydroxyl groups is 2. The number of nitrogens with one attached hydrogen (secondary N) is 1. The molecule has 12 nitrogen and oxygen atoms in total. The molecule has 0 radical (unpaired) electrons. The summed E-state index contributed by atoms with van der Waals surface area (Å²) in [6.45, 7) is 1.81. The Bertz CT molecular complexity index is 2370. The molecular formula is C34H25N5O7S. The van der Waals surface area contributed by atoms with Crippen molar-refractivity contribution in [2.75, 3.05) is 5.32 Å². The number of carboxylic acids is 1.